The van der Waals surface area contributed by atoms with Crippen molar-refractivity contribution in [2.75, 3.05) is 20.2 Å². The lowest BCUT2D eigenvalue weighted by molar-refractivity contribution is -0.146. The van der Waals surface area contributed by atoms with Gasteiger partial charge in [0.1, 0.15) is 18.3 Å². The van der Waals surface area contributed by atoms with Gasteiger partial charge in [-0.1, -0.05) is 0 Å². The maximum atomic E-state index is 12.1. The Hall–Kier alpha value is -3.07. The van der Waals surface area contributed by atoms with Crippen LogP contribution in [0.15, 0.2) is 24.4 Å². The molecule has 2 heterocycles. The lowest BCUT2D eigenvalue weighted by Gasteiger charge is -2.34. The van der Waals surface area contributed by atoms with Gasteiger partial charge in [0, 0.05) is 35.8 Å². The number of ether oxygens (including phenoxy) is 1. The van der Waals surface area contributed by atoms with Crippen molar-refractivity contribution in [3.8, 4) is 5.75 Å². The standard InChI is InChI=1S/C19H22N2O7/c1-28-12-2-3-15-13(8-12)14(9-21(15)10-16(22)23)17(19(26)27)20-6-4-11(5-7-20)18(24)25/h2-3,8-9,11,17H,4-7,10H2,1H3,(H,22,23)(H,24,25)(H,26,27). The van der Waals surface area contributed by atoms with Crippen LogP contribution in [0.4, 0.5) is 0 Å². The second-order valence-corrected chi connectivity index (χ2v) is 6.88. The van der Waals surface area contributed by atoms with Crippen LogP contribution in [0, 0.1) is 5.92 Å². The van der Waals surface area contributed by atoms with E-state index < -0.39 is 29.9 Å². The summed E-state index contributed by atoms with van der Waals surface area (Å²) in [4.78, 5) is 36.3. The number of nitrogens with zero attached hydrogens (tertiary/aromatic N) is 2. The molecule has 9 nitrogen and oxygen atoms in total. The summed E-state index contributed by atoms with van der Waals surface area (Å²) in [6.45, 7) is 0.378. The fourth-order valence-corrected chi connectivity index (χ4v) is 3.82. The van der Waals surface area contributed by atoms with Crippen LogP contribution in [0.2, 0.25) is 0 Å². The van der Waals surface area contributed by atoms with Gasteiger partial charge in [0.2, 0.25) is 0 Å². The quantitative estimate of drug-likeness (QED) is 0.651. The molecular weight excluding hydrogens is 368 g/mol. The zero-order valence-electron chi connectivity index (χ0n) is 15.4. The average Bonchev–Trinajstić information content (AvgIpc) is 2.98. The van der Waals surface area contributed by atoms with Crippen LogP contribution in [0.1, 0.15) is 24.4 Å². The minimum absolute atomic E-state index is 0.295. The number of hydrogen-bond acceptors (Lipinski definition) is 5. The number of likely N-dealkylation sites (tertiary alicyclic amines) is 1. The summed E-state index contributed by atoms with van der Waals surface area (Å²) in [5.41, 5.74) is 1.07. The molecule has 1 unspecified atom stereocenters. The summed E-state index contributed by atoms with van der Waals surface area (Å²) >= 11 is 0. The molecule has 1 aromatic heterocycles. The molecule has 1 saturated heterocycles. The highest BCUT2D eigenvalue weighted by Crippen LogP contribution is 2.35. The van der Waals surface area contributed by atoms with Gasteiger partial charge in [0.25, 0.3) is 0 Å². The number of benzene rings is 1. The summed E-state index contributed by atoms with van der Waals surface area (Å²) in [5.74, 6) is -2.90. The minimum atomic E-state index is -1.06. The molecule has 3 N–H and O–H groups in total. The van der Waals surface area contributed by atoms with Crippen LogP contribution in [-0.2, 0) is 20.9 Å². The average molecular weight is 390 g/mol. The second-order valence-electron chi connectivity index (χ2n) is 6.88. The molecule has 0 saturated carbocycles. The molecule has 0 aliphatic carbocycles. The number of carboxylic acid groups (broad SMARTS) is 3. The molecule has 1 aromatic carbocycles. The Morgan fingerprint density at radius 2 is 1.86 bits per heavy atom. The van der Waals surface area contributed by atoms with Gasteiger partial charge >= 0.3 is 17.9 Å². The van der Waals surface area contributed by atoms with Crippen molar-refractivity contribution in [1.29, 1.82) is 0 Å². The minimum Gasteiger partial charge on any atom is -0.497 e. The van der Waals surface area contributed by atoms with E-state index in [1.165, 1.54) is 11.7 Å². The van der Waals surface area contributed by atoms with Gasteiger partial charge in [0.15, 0.2) is 0 Å². The zero-order chi connectivity index (χ0) is 20.4. The first-order chi connectivity index (χ1) is 13.3. The first-order valence-corrected chi connectivity index (χ1v) is 8.90. The fraction of sp³-hybridized carbons (Fsp3) is 0.421. The Balaban J connectivity index is 2.04. The topological polar surface area (TPSA) is 129 Å². The molecule has 150 valence electrons. The summed E-state index contributed by atoms with van der Waals surface area (Å²) in [7, 11) is 1.50. The molecule has 9 heteroatoms. The number of piperidine rings is 1. The van der Waals surface area contributed by atoms with Crippen LogP contribution < -0.4 is 4.74 Å². The number of fused-ring (bicyclic) bond motifs is 1. The molecule has 1 atom stereocenters. The van der Waals surface area contributed by atoms with E-state index in [4.69, 9.17) is 9.84 Å². The van der Waals surface area contributed by atoms with Crippen molar-refractivity contribution in [1.82, 2.24) is 9.47 Å². The van der Waals surface area contributed by atoms with Gasteiger partial charge in [-0.3, -0.25) is 19.3 Å². The smallest absolute Gasteiger partial charge is 0.325 e. The number of carbonyl (C=O) groups is 3. The summed E-state index contributed by atoms with van der Waals surface area (Å²) in [6, 6.07) is 4.09. The van der Waals surface area contributed by atoms with Gasteiger partial charge in [-0.05, 0) is 31.0 Å². The predicted octanol–water partition coefficient (Wildman–Crippen LogP) is 1.66. The molecule has 1 aliphatic heterocycles. The predicted molar refractivity (Wildman–Crippen MR) is 98.4 cm³/mol. The van der Waals surface area contributed by atoms with E-state index in [2.05, 4.69) is 0 Å². The van der Waals surface area contributed by atoms with Crippen LogP contribution in [0.3, 0.4) is 0 Å². The monoisotopic (exact) mass is 390 g/mol. The third-order valence-corrected chi connectivity index (χ3v) is 5.20. The molecule has 0 radical (unpaired) electrons. The van der Waals surface area contributed by atoms with E-state index in [1.807, 2.05) is 0 Å². The van der Waals surface area contributed by atoms with Crippen molar-refractivity contribution in [2.24, 2.45) is 5.92 Å². The van der Waals surface area contributed by atoms with Crippen molar-refractivity contribution < 1.29 is 34.4 Å². The third-order valence-electron chi connectivity index (χ3n) is 5.20. The van der Waals surface area contributed by atoms with Crippen molar-refractivity contribution in [2.45, 2.75) is 25.4 Å². The Kier molecular flexibility index (Phi) is 5.55. The summed E-state index contributed by atoms with van der Waals surface area (Å²) in [6.07, 6.45) is 2.30. The molecule has 1 fully saturated rings. The van der Waals surface area contributed by atoms with E-state index in [1.54, 1.807) is 29.3 Å². The molecule has 0 amide bonds. The van der Waals surface area contributed by atoms with Crippen molar-refractivity contribution in [3.05, 3.63) is 30.0 Å². The van der Waals surface area contributed by atoms with Gasteiger partial charge in [-0.25, -0.2) is 0 Å². The largest absolute Gasteiger partial charge is 0.497 e. The van der Waals surface area contributed by atoms with E-state index in [9.17, 15) is 24.6 Å². The normalized spacial score (nSPS) is 16.8. The van der Waals surface area contributed by atoms with Gasteiger partial charge in [-0.2, -0.15) is 0 Å². The number of methoxy groups -OCH3 is 1. The molecule has 0 spiro atoms. The Morgan fingerprint density at radius 3 is 2.39 bits per heavy atom. The first-order valence-electron chi connectivity index (χ1n) is 8.90. The van der Waals surface area contributed by atoms with Gasteiger partial charge in [-0.15, -0.1) is 0 Å². The number of carboxylic acids is 3. The number of aliphatic carboxylic acids is 3. The SMILES string of the molecule is COc1ccc2c(c1)c(C(C(=O)O)N1CCC(C(=O)O)CC1)cn2CC(=O)O. The molecule has 0 bridgehead atoms. The van der Waals surface area contributed by atoms with Crippen molar-refractivity contribution in [3.63, 3.8) is 0 Å². The van der Waals surface area contributed by atoms with Crippen LogP contribution in [0.25, 0.3) is 10.9 Å². The van der Waals surface area contributed by atoms with Crippen LogP contribution in [-0.4, -0.2) is 62.9 Å². The third kappa shape index (κ3) is 3.79. The number of rotatable bonds is 7. The van der Waals surface area contributed by atoms with E-state index in [0.29, 0.717) is 48.1 Å². The highest BCUT2D eigenvalue weighted by molar-refractivity contribution is 5.91. The van der Waals surface area contributed by atoms with Gasteiger partial charge in [0.05, 0.1) is 13.0 Å². The Bertz CT molecular complexity index is 912. The molecule has 28 heavy (non-hydrogen) atoms. The lowest BCUT2D eigenvalue weighted by Crippen LogP contribution is -2.41. The molecule has 3 rings (SSSR count). The zero-order valence-corrected chi connectivity index (χ0v) is 15.4. The van der Waals surface area contributed by atoms with E-state index >= 15 is 0 Å². The van der Waals surface area contributed by atoms with E-state index in [-0.39, 0.29) is 6.54 Å². The molecular formula is C19H22N2O7. The maximum absolute atomic E-state index is 12.1. The lowest BCUT2D eigenvalue weighted by atomic mass is 9.94. The first kappa shape index (κ1) is 19.7. The highest BCUT2D eigenvalue weighted by Gasteiger charge is 2.35. The van der Waals surface area contributed by atoms with Crippen LogP contribution in [0.5, 0.6) is 5.75 Å². The summed E-state index contributed by atoms with van der Waals surface area (Å²) in [5, 5.41) is 28.9. The molecule has 2 aromatic rings. The van der Waals surface area contributed by atoms with Crippen molar-refractivity contribution >= 4 is 28.8 Å². The second kappa shape index (κ2) is 7.89. The maximum Gasteiger partial charge on any atom is 0.325 e. The Morgan fingerprint density at radius 1 is 1.18 bits per heavy atom. The number of aromatic nitrogens is 1. The molecule has 1 aliphatic rings. The summed E-state index contributed by atoms with van der Waals surface area (Å²) < 4.78 is 6.75. The van der Waals surface area contributed by atoms with E-state index in [0.717, 1.165) is 0 Å². The fourth-order valence-electron chi connectivity index (χ4n) is 3.82. The van der Waals surface area contributed by atoms with Gasteiger partial charge < -0.3 is 24.6 Å². The Labute approximate surface area is 160 Å². The highest BCUT2D eigenvalue weighted by atomic mass is 16.5. The van der Waals surface area contributed by atoms with Crippen LogP contribution >= 0.6 is 0 Å². The number of hydrogen-bond donors (Lipinski definition) is 3.